The maximum Gasteiger partial charge on any atom is 0.495 e. The van der Waals surface area contributed by atoms with Crippen LogP contribution in [0, 0.1) is 5.82 Å². The normalized spacial score (nSPS) is 17.0. The van der Waals surface area contributed by atoms with Gasteiger partial charge >= 0.3 is 13.1 Å². The average Bonchev–Trinajstić information content (AvgIpc) is 3.77. The second kappa shape index (κ2) is 12.0. The molecule has 48 heavy (non-hydrogen) atoms. The number of fused-ring (bicyclic) bond motifs is 1. The molecule has 13 heteroatoms. The number of methoxy groups -OCH3 is 1. The number of hydrogen-bond donors (Lipinski definition) is 1. The fraction of sp³-hybridized carbons (Fsp3) is 0.371. The van der Waals surface area contributed by atoms with E-state index in [0.29, 0.717) is 33.2 Å². The van der Waals surface area contributed by atoms with E-state index in [1.165, 1.54) is 42.7 Å². The number of rotatable bonds is 9. The first-order valence-corrected chi connectivity index (χ1v) is 17.5. The number of carbonyl (C=O) groups excluding carboxylic acids is 2. The summed E-state index contributed by atoms with van der Waals surface area (Å²) in [5, 5.41) is 3.18. The first-order valence-electron chi connectivity index (χ1n) is 15.7. The molecule has 0 bridgehead atoms. The van der Waals surface area contributed by atoms with E-state index in [1.807, 2.05) is 33.8 Å². The van der Waals surface area contributed by atoms with E-state index in [1.54, 1.807) is 24.3 Å². The Morgan fingerprint density at radius 3 is 2.23 bits per heavy atom. The number of benzene rings is 3. The van der Waals surface area contributed by atoms with Crippen LogP contribution in [0.5, 0.6) is 0 Å². The Bertz CT molecular complexity index is 2020. The van der Waals surface area contributed by atoms with Crippen LogP contribution < -0.4 is 15.1 Å². The van der Waals surface area contributed by atoms with E-state index < -0.39 is 40.1 Å². The van der Waals surface area contributed by atoms with E-state index in [0.717, 1.165) is 24.7 Å². The lowest BCUT2D eigenvalue weighted by Gasteiger charge is -2.32. The highest BCUT2D eigenvalue weighted by atomic mass is 32.2. The summed E-state index contributed by atoms with van der Waals surface area (Å²) < 4.78 is 65.8. The fourth-order valence-corrected chi connectivity index (χ4v) is 6.85. The standard InChI is InChI=1S/C35H38BFN2O8S/c1-34(2)35(3,4)47-36(46-34)27-15-8-20(16-25(27)33(41)44-6)19-39(48(7,42)43)28-18-29-26(17-24(28)21-9-10-21)30(32(40)38-5)31(45-29)22-11-13-23(37)14-12-22/h8,11-18,21H,9-10,19H2,1-7H3,(H,38,40). The van der Waals surface area contributed by atoms with Gasteiger partial charge in [0.1, 0.15) is 17.2 Å². The minimum atomic E-state index is -3.88. The molecule has 1 amide bonds. The molecule has 2 heterocycles. The van der Waals surface area contributed by atoms with Crippen LogP contribution in [-0.4, -0.2) is 59.0 Å². The molecule has 2 fully saturated rings. The molecular formula is C35H38BFN2O8S. The van der Waals surface area contributed by atoms with Crippen molar-refractivity contribution in [2.45, 2.75) is 64.2 Å². The molecule has 0 unspecified atom stereocenters. The third kappa shape index (κ3) is 6.10. The third-order valence-electron chi connectivity index (χ3n) is 9.44. The van der Waals surface area contributed by atoms with Gasteiger partial charge in [-0.1, -0.05) is 12.1 Å². The molecule has 1 aliphatic carbocycles. The maximum absolute atomic E-state index is 13.8. The van der Waals surface area contributed by atoms with Crippen LogP contribution in [0.3, 0.4) is 0 Å². The van der Waals surface area contributed by atoms with Gasteiger partial charge in [0.15, 0.2) is 0 Å². The Morgan fingerprint density at radius 2 is 1.67 bits per heavy atom. The van der Waals surface area contributed by atoms with Crippen molar-refractivity contribution in [2.24, 2.45) is 0 Å². The van der Waals surface area contributed by atoms with E-state index >= 15 is 0 Å². The lowest BCUT2D eigenvalue weighted by atomic mass is 9.75. The molecule has 0 spiro atoms. The topological polar surface area (TPSA) is 124 Å². The van der Waals surface area contributed by atoms with Crippen LogP contribution in [0.2, 0.25) is 0 Å². The van der Waals surface area contributed by atoms with Crippen molar-refractivity contribution in [1.29, 1.82) is 0 Å². The quantitative estimate of drug-likeness (QED) is 0.181. The van der Waals surface area contributed by atoms with E-state index in [9.17, 15) is 22.4 Å². The number of anilines is 1. The van der Waals surface area contributed by atoms with Crippen LogP contribution in [-0.2, 0) is 30.6 Å². The van der Waals surface area contributed by atoms with Gasteiger partial charge < -0.3 is 23.8 Å². The Labute approximate surface area is 279 Å². The van der Waals surface area contributed by atoms with Crippen molar-refractivity contribution in [3.05, 3.63) is 82.7 Å². The first kappa shape index (κ1) is 33.7. The lowest BCUT2D eigenvalue weighted by molar-refractivity contribution is 0.00578. The summed E-state index contributed by atoms with van der Waals surface area (Å²) in [6.07, 6.45) is 2.82. The molecule has 0 atom stereocenters. The Kier molecular flexibility index (Phi) is 8.46. The number of sulfonamides is 1. The molecular weight excluding hydrogens is 638 g/mol. The van der Waals surface area contributed by atoms with Gasteiger partial charge in [0.05, 0.1) is 47.9 Å². The highest BCUT2D eigenvalue weighted by molar-refractivity contribution is 7.92. The number of halogens is 1. The summed E-state index contributed by atoms with van der Waals surface area (Å²) in [5.74, 6) is -1.11. The maximum atomic E-state index is 13.8. The number of nitrogens with zero attached hydrogens (tertiary/aromatic N) is 1. The van der Waals surface area contributed by atoms with Crippen molar-refractivity contribution in [2.75, 3.05) is 24.7 Å². The zero-order valence-electron chi connectivity index (χ0n) is 28.0. The van der Waals surface area contributed by atoms with Crippen molar-refractivity contribution in [3.8, 4) is 11.3 Å². The van der Waals surface area contributed by atoms with Gasteiger partial charge in [0.2, 0.25) is 10.0 Å². The summed E-state index contributed by atoms with van der Waals surface area (Å²) in [4.78, 5) is 26.2. The van der Waals surface area contributed by atoms with Gasteiger partial charge in [-0.15, -0.1) is 0 Å². The molecule has 2 aliphatic rings. The summed E-state index contributed by atoms with van der Waals surface area (Å²) in [6, 6.07) is 14.1. The second-order valence-corrected chi connectivity index (χ2v) is 15.3. The van der Waals surface area contributed by atoms with Gasteiger partial charge in [-0.2, -0.15) is 0 Å². The number of amides is 1. The molecule has 6 rings (SSSR count). The molecule has 10 nitrogen and oxygen atoms in total. The van der Waals surface area contributed by atoms with Crippen LogP contribution in [0.4, 0.5) is 10.1 Å². The van der Waals surface area contributed by atoms with Crippen molar-refractivity contribution in [3.63, 3.8) is 0 Å². The Balaban J connectivity index is 1.46. The SMILES string of the molecule is CNC(=O)c1c(-c2ccc(F)cc2)oc2cc(N(Cc3ccc(B4OC(C)(C)C(C)(C)O4)c(C(=O)OC)c3)S(C)(=O)=O)c(C3CC3)cc12. The highest BCUT2D eigenvalue weighted by Gasteiger charge is 2.52. The third-order valence-corrected chi connectivity index (χ3v) is 10.6. The largest absolute Gasteiger partial charge is 0.495 e. The number of esters is 1. The number of carbonyl (C=O) groups is 2. The van der Waals surface area contributed by atoms with E-state index in [2.05, 4.69) is 5.32 Å². The summed E-state index contributed by atoms with van der Waals surface area (Å²) in [5.41, 5.74) is 2.15. The fourth-order valence-electron chi connectivity index (χ4n) is 5.95. The zero-order valence-corrected chi connectivity index (χ0v) is 28.8. The molecule has 252 valence electrons. The summed E-state index contributed by atoms with van der Waals surface area (Å²) in [7, 11) is -1.93. The molecule has 1 aliphatic heterocycles. The average molecular weight is 677 g/mol. The number of ether oxygens (including phenoxy) is 1. The van der Waals surface area contributed by atoms with Crippen LogP contribution in [0.1, 0.15) is 78.3 Å². The van der Waals surface area contributed by atoms with E-state index in [-0.39, 0.29) is 35.3 Å². The molecule has 3 aromatic carbocycles. The van der Waals surface area contributed by atoms with Gasteiger partial charge in [0.25, 0.3) is 5.91 Å². The number of nitrogens with one attached hydrogen (secondary N) is 1. The second-order valence-electron chi connectivity index (χ2n) is 13.3. The van der Waals surface area contributed by atoms with Crippen LogP contribution >= 0.6 is 0 Å². The van der Waals surface area contributed by atoms with Crippen molar-refractivity contribution < 1.29 is 40.9 Å². The molecule has 1 saturated heterocycles. The van der Waals surface area contributed by atoms with Crippen LogP contribution in [0.15, 0.2) is 59.0 Å². The highest BCUT2D eigenvalue weighted by Crippen LogP contribution is 2.48. The summed E-state index contributed by atoms with van der Waals surface area (Å²) in [6.45, 7) is 7.55. The van der Waals surface area contributed by atoms with Gasteiger partial charge in [0, 0.05) is 24.1 Å². The number of hydrogen-bond acceptors (Lipinski definition) is 8. The van der Waals surface area contributed by atoms with Crippen LogP contribution in [0.25, 0.3) is 22.3 Å². The molecule has 1 aromatic heterocycles. The van der Waals surface area contributed by atoms with Gasteiger partial charge in [-0.3, -0.25) is 9.10 Å². The lowest BCUT2D eigenvalue weighted by Crippen LogP contribution is -2.41. The minimum Gasteiger partial charge on any atom is -0.465 e. The smallest absolute Gasteiger partial charge is 0.465 e. The first-order chi connectivity index (χ1) is 22.5. The summed E-state index contributed by atoms with van der Waals surface area (Å²) >= 11 is 0. The predicted molar refractivity (Wildman–Crippen MR) is 181 cm³/mol. The Hall–Kier alpha value is -4.20. The monoisotopic (exact) mass is 676 g/mol. The molecule has 0 radical (unpaired) electrons. The van der Waals surface area contributed by atoms with E-state index in [4.69, 9.17) is 18.5 Å². The molecule has 4 aromatic rings. The van der Waals surface area contributed by atoms with Crippen molar-refractivity contribution in [1.82, 2.24) is 5.32 Å². The van der Waals surface area contributed by atoms with Crippen molar-refractivity contribution >= 4 is 51.1 Å². The van der Waals surface area contributed by atoms with Gasteiger partial charge in [-0.05, 0) is 99.4 Å². The zero-order chi connectivity index (χ0) is 34.8. The van der Waals surface area contributed by atoms with Gasteiger partial charge in [-0.25, -0.2) is 17.6 Å². The number of furan rings is 1. The predicted octanol–water partition coefficient (Wildman–Crippen LogP) is 5.53. The molecule has 1 N–H and O–H groups in total. The molecule has 1 saturated carbocycles. The minimum absolute atomic E-state index is 0.0757. The Morgan fingerprint density at radius 1 is 1.02 bits per heavy atom.